The second kappa shape index (κ2) is 2.44. The lowest BCUT2D eigenvalue weighted by atomic mass is 10.2. The maximum absolute atomic E-state index is 11.6. The SMILES string of the molecule is Cc1cc2c(N)cc(=O)c3ncnn1c23. The quantitative estimate of drug-likeness (QED) is 0.538. The second-order valence-corrected chi connectivity index (χ2v) is 3.53. The van der Waals surface area contributed by atoms with Gasteiger partial charge in [-0.15, -0.1) is 0 Å². The molecule has 2 aromatic heterocycles. The van der Waals surface area contributed by atoms with Crippen molar-refractivity contribution in [3.8, 4) is 0 Å². The number of anilines is 1. The van der Waals surface area contributed by atoms with Crippen LogP contribution in [0.5, 0.6) is 0 Å². The topological polar surface area (TPSA) is 73.3 Å². The van der Waals surface area contributed by atoms with E-state index in [2.05, 4.69) is 10.1 Å². The number of nitrogen functional groups attached to an aromatic ring is 1. The van der Waals surface area contributed by atoms with Crippen LogP contribution in [0.25, 0.3) is 16.4 Å². The first-order chi connectivity index (χ1) is 7.18. The first-order valence-electron chi connectivity index (χ1n) is 4.53. The van der Waals surface area contributed by atoms with Crippen LogP contribution >= 0.6 is 0 Å². The summed E-state index contributed by atoms with van der Waals surface area (Å²) in [6, 6.07) is 3.32. The van der Waals surface area contributed by atoms with E-state index in [1.54, 1.807) is 4.52 Å². The van der Waals surface area contributed by atoms with Gasteiger partial charge in [-0.25, -0.2) is 9.50 Å². The van der Waals surface area contributed by atoms with Crippen LogP contribution in [-0.4, -0.2) is 14.6 Å². The van der Waals surface area contributed by atoms with Crippen molar-refractivity contribution in [1.29, 1.82) is 0 Å². The van der Waals surface area contributed by atoms with Crippen molar-refractivity contribution in [2.24, 2.45) is 0 Å². The zero-order valence-electron chi connectivity index (χ0n) is 8.06. The number of benzene rings is 1. The third kappa shape index (κ3) is 0.890. The van der Waals surface area contributed by atoms with Crippen LogP contribution in [0, 0.1) is 6.92 Å². The normalized spacial score (nSPS) is 11.5. The van der Waals surface area contributed by atoms with Crippen molar-refractivity contribution >= 4 is 22.1 Å². The van der Waals surface area contributed by atoms with Gasteiger partial charge in [0.25, 0.3) is 0 Å². The largest absolute Gasteiger partial charge is 0.398 e. The minimum atomic E-state index is -0.162. The van der Waals surface area contributed by atoms with Crippen LogP contribution in [0.15, 0.2) is 23.3 Å². The standard InChI is InChI=1S/C10H8N4O/c1-5-2-6-7(11)3-8(15)9-10(6)14(5)13-4-12-9/h2-4H,11H2,1H3. The minimum Gasteiger partial charge on any atom is -0.398 e. The lowest BCUT2D eigenvalue weighted by Crippen LogP contribution is -2.07. The molecule has 74 valence electrons. The fourth-order valence-electron chi connectivity index (χ4n) is 1.89. The lowest BCUT2D eigenvalue weighted by molar-refractivity contribution is 0.881. The summed E-state index contributed by atoms with van der Waals surface area (Å²) in [6.07, 6.45) is 1.38. The molecule has 2 N–H and O–H groups in total. The predicted molar refractivity (Wildman–Crippen MR) is 57.1 cm³/mol. The molecular weight excluding hydrogens is 192 g/mol. The Balaban J connectivity index is 2.79. The third-order valence-electron chi connectivity index (χ3n) is 2.56. The second-order valence-electron chi connectivity index (χ2n) is 3.53. The number of nitrogens with two attached hydrogens (primary N) is 1. The number of nitrogens with zero attached hydrogens (tertiary/aromatic N) is 3. The van der Waals surface area contributed by atoms with E-state index >= 15 is 0 Å². The molecule has 0 aliphatic carbocycles. The smallest absolute Gasteiger partial charge is 0.208 e. The molecule has 0 spiro atoms. The molecule has 0 bridgehead atoms. The number of rotatable bonds is 0. The molecule has 0 unspecified atom stereocenters. The highest BCUT2D eigenvalue weighted by Crippen LogP contribution is 2.24. The van der Waals surface area contributed by atoms with Gasteiger partial charge >= 0.3 is 0 Å². The molecule has 3 aromatic rings. The van der Waals surface area contributed by atoms with Crippen LogP contribution in [0.4, 0.5) is 5.69 Å². The van der Waals surface area contributed by atoms with E-state index in [-0.39, 0.29) is 5.43 Å². The molecule has 0 saturated heterocycles. The van der Waals surface area contributed by atoms with Gasteiger partial charge in [0, 0.05) is 22.8 Å². The molecule has 1 aromatic carbocycles. The maximum atomic E-state index is 11.6. The van der Waals surface area contributed by atoms with E-state index in [9.17, 15) is 4.79 Å². The van der Waals surface area contributed by atoms with Gasteiger partial charge in [0.15, 0.2) is 0 Å². The van der Waals surface area contributed by atoms with E-state index in [1.807, 2.05) is 13.0 Å². The Hall–Kier alpha value is -2.17. The predicted octanol–water partition coefficient (Wildman–Crippen LogP) is 0.571. The van der Waals surface area contributed by atoms with E-state index in [0.717, 1.165) is 11.1 Å². The molecule has 0 amide bonds. The van der Waals surface area contributed by atoms with Gasteiger partial charge in [0.2, 0.25) is 5.43 Å². The number of aromatic nitrogens is 3. The van der Waals surface area contributed by atoms with Crippen molar-refractivity contribution in [2.75, 3.05) is 5.73 Å². The van der Waals surface area contributed by atoms with Crippen LogP contribution in [0.3, 0.4) is 0 Å². The van der Waals surface area contributed by atoms with Gasteiger partial charge in [0.1, 0.15) is 17.4 Å². The monoisotopic (exact) mass is 200 g/mol. The van der Waals surface area contributed by atoms with Crippen LogP contribution < -0.4 is 11.2 Å². The molecule has 15 heavy (non-hydrogen) atoms. The first kappa shape index (κ1) is 8.16. The first-order valence-corrected chi connectivity index (χ1v) is 4.53. The number of hydrogen-bond acceptors (Lipinski definition) is 4. The van der Waals surface area contributed by atoms with Gasteiger partial charge in [-0.3, -0.25) is 4.79 Å². The molecule has 0 radical (unpaired) electrons. The molecule has 5 nitrogen and oxygen atoms in total. The summed E-state index contributed by atoms with van der Waals surface area (Å²) >= 11 is 0. The van der Waals surface area contributed by atoms with Gasteiger partial charge in [-0.2, -0.15) is 5.10 Å². The summed E-state index contributed by atoms with van der Waals surface area (Å²) in [5, 5.41) is 4.92. The van der Waals surface area contributed by atoms with Crippen molar-refractivity contribution in [3.05, 3.63) is 34.4 Å². The molecule has 0 aliphatic heterocycles. The summed E-state index contributed by atoms with van der Waals surface area (Å²) in [5.74, 6) is 0. The Kier molecular flexibility index (Phi) is 1.33. The summed E-state index contributed by atoms with van der Waals surface area (Å²) in [4.78, 5) is 15.6. The molecule has 3 rings (SSSR count). The molecule has 0 aliphatic rings. The van der Waals surface area contributed by atoms with Crippen molar-refractivity contribution in [2.45, 2.75) is 6.92 Å². The summed E-state index contributed by atoms with van der Waals surface area (Å²) in [7, 11) is 0. The Morgan fingerprint density at radius 2 is 2.20 bits per heavy atom. The van der Waals surface area contributed by atoms with Crippen LogP contribution in [-0.2, 0) is 0 Å². The molecule has 0 atom stereocenters. The van der Waals surface area contributed by atoms with E-state index in [4.69, 9.17) is 5.73 Å². The molecule has 0 fully saturated rings. The lowest BCUT2D eigenvalue weighted by Gasteiger charge is -1.99. The summed E-state index contributed by atoms with van der Waals surface area (Å²) < 4.78 is 1.69. The van der Waals surface area contributed by atoms with Gasteiger partial charge in [-0.1, -0.05) is 0 Å². The molecule has 2 heterocycles. The number of aryl methyl sites for hydroxylation is 1. The third-order valence-corrected chi connectivity index (χ3v) is 2.56. The van der Waals surface area contributed by atoms with E-state index in [1.165, 1.54) is 12.4 Å². The average Bonchev–Trinajstić information content (AvgIpc) is 2.55. The average molecular weight is 200 g/mol. The highest BCUT2D eigenvalue weighted by molar-refractivity contribution is 6.01. The van der Waals surface area contributed by atoms with Crippen LogP contribution in [0.2, 0.25) is 0 Å². The highest BCUT2D eigenvalue weighted by Gasteiger charge is 2.12. The number of hydrogen-bond donors (Lipinski definition) is 1. The Labute approximate surface area is 84.5 Å². The van der Waals surface area contributed by atoms with E-state index < -0.39 is 0 Å². The molecular formula is C10H8N4O. The van der Waals surface area contributed by atoms with E-state index in [0.29, 0.717) is 16.7 Å². The summed E-state index contributed by atoms with van der Waals surface area (Å²) in [6.45, 7) is 1.91. The fraction of sp³-hybridized carbons (Fsp3) is 0.100. The minimum absolute atomic E-state index is 0.162. The van der Waals surface area contributed by atoms with Crippen molar-refractivity contribution < 1.29 is 0 Å². The Bertz CT molecular complexity index is 716. The zero-order chi connectivity index (χ0) is 10.6. The van der Waals surface area contributed by atoms with Crippen LogP contribution in [0.1, 0.15) is 5.69 Å². The van der Waals surface area contributed by atoms with Crippen molar-refractivity contribution in [3.63, 3.8) is 0 Å². The Morgan fingerprint density at radius 3 is 3.00 bits per heavy atom. The maximum Gasteiger partial charge on any atom is 0.208 e. The fourth-order valence-corrected chi connectivity index (χ4v) is 1.89. The van der Waals surface area contributed by atoms with Crippen molar-refractivity contribution in [1.82, 2.24) is 14.6 Å². The van der Waals surface area contributed by atoms with Gasteiger partial charge < -0.3 is 5.73 Å². The van der Waals surface area contributed by atoms with Gasteiger partial charge in [0.05, 0.1) is 0 Å². The zero-order valence-corrected chi connectivity index (χ0v) is 8.06. The Morgan fingerprint density at radius 1 is 1.40 bits per heavy atom. The van der Waals surface area contributed by atoms with Gasteiger partial charge in [-0.05, 0) is 13.0 Å². The molecule has 0 saturated carbocycles. The molecule has 5 heteroatoms. The summed E-state index contributed by atoms with van der Waals surface area (Å²) in [5.41, 5.74) is 8.16. The highest BCUT2D eigenvalue weighted by atomic mass is 16.1.